The van der Waals surface area contributed by atoms with E-state index in [1.165, 1.54) is 0 Å². The molecule has 0 radical (unpaired) electrons. The third-order valence-electron chi connectivity index (χ3n) is 1.82. The molecular weight excluding hydrogens is 184 g/mol. The van der Waals surface area contributed by atoms with Gasteiger partial charge in [-0.05, 0) is 0 Å². The lowest BCUT2D eigenvalue weighted by molar-refractivity contribution is -0.121. The number of hydrogen-bond acceptors (Lipinski definition) is 4. The molecule has 2 aliphatic heterocycles. The molecule has 14 heavy (non-hydrogen) atoms. The summed E-state index contributed by atoms with van der Waals surface area (Å²) in [7, 11) is 0. The van der Waals surface area contributed by atoms with Crippen molar-refractivity contribution >= 4 is 11.8 Å². The van der Waals surface area contributed by atoms with E-state index in [0.717, 1.165) is 26.2 Å². The molecule has 2 aliphatic rings. The van der Waals surface area contributed by atoms with E-state index < -0.39 is 0 Å². The zero-order chi connectivity index (χ0) is 10.2. The van der Waals surface area contributed by atoms with Gasteiger partial charge in [-0.3, -0.25) is 9.59 Å². The lowest BCUT2D eigenvalue weighted by Gasteiger charge is -2.11. The Morgan fingerprint density at radius 3 is 1.29 bits per heavy atom. The zero-order valence-corrected chi connectivity index (χ0v) is 8.06. The Balaban J connectivity index is 0.000000140. The highest BCUT2D eigenvalue weighted by atomic mass is 16.2. The molecule has 2 fully saturated rings. The Morgan fingerprint density at radius 2 is 1.14 bits per heavy atom. The van der Waals surface area contributed by atoms with E-state index in [0.29, 0.717) is 13.1 Å². The van der Waals surface area contributed by atoms with Crippen LogP contribution in [0.15, 0.2) is 0 Å². The Bertz CT molecular complexity index is 170. The summed E-state index contributed by atoms with van der Waals surface area (Å²) in [5.74, 6) is 0.206. The van der Waals surface area contributed by atoms with Crippen molar-refractivity contribution in [3.8, 4) is 0 Å². The van der Waals surface area contributed by atoms with Gasteiger partial charge in [0.2, 0.25) is 11.8 Å². The summed E-state index contributed by atoms with van der Waals surface area (Å²) in [6, 6.07) is 0. The molecule has 0 saturated carbocycles. The summed E-state index contributed by atoms with van der Waals surface area (Å²) < 4.78 is 0. The normalized spacial score (nSPS) is 21.4. The molecule has 2 rings (SSSR count). The average Bonchev–Trinajstić information content (AvgIpc) is 2.21. The standard InChI is InChI=1S/2C4H8N2O/c2*7-4-3-5-1-2-6-4/h2*5H,1-3H2,(H,6,7). The molecule has 80 valence electrons. The van der Waals surface area contributed by atoms with Crippen LogP contribution in [0.25, 0.3) is 0 Å². The van der Waals surface area contributed by atoms with Crippen LogP contribution in [-0.2, 0) is 9.59 Å². The highest BCUT2D eigenvalue weighted by Crippen LogP contribution is 1.70. The maximum absolute atomic E-state index is 10.3. The van der Waals surface area contributed by atoms with Gasteiger partial charge in [0.15, 0.2) is 0 Å². The molecule has 0 aromatic rings. The molecule has 0 aliphatic carbocycles. The second kappa shape index (κ2) is 6.33. The molecule has 0 unspecified atom stereocenters. The topological polar surface area (TPSA) is 82.3 Å². The molecule has 0 aromatic carbocycles. The van der Waals surface area contributed by atoms with Gasteiger partial charge < -0.3 is 21.3 Å². The molecular formula is C8H16N4O2. The first-order chi connectivity index (χ1) is 6.79. The lowest BCUT2D eigenvalue weighted by Crippen LogP contribution is -2.44. The number of nitrogens with one attached hydrogen (secondary N) is 4. The Labute approximate surface area is 82.8 Å². The van der Waals surface area contributed by atoms with E-state index in [9.17, 15) is 9.59 Å². The third kappa shape index (κ3) is 4.78. The Hall–Kier alpha value is -1.14. The number of rotatable bonds is 0. The molecule has 0 atom stereocenters. The Kier molecular flexibility index (Phi) is 4.95. The number of piperazine rings is 2. The zero-order valence-electron chi connectivity index (χ0n) is 8.06. The van der Waals surface area contributed by atoms with Crippen LogP contribution in [0, 0.1) is 0 Å². The first kappa shape index (κ1) is 10.9. The SMILES string of the molecule is O=C1CNCCN1.O=C1CNCCN1. The van der Waals surface area contributed by atoms with Crippen molar-refractivity contribution in [3.63, 3.8) is 0 Å². The van der Waals surface area contributed by atoms with Crippen molar-refractivity contribution in [3.05, 3.63) is 0 Å². The van der Waals surface area contributed by atoms with Gasteiger partial charge in [0.25, 0.3) is 0 Å². The molecule has 6 nitrogen and oxygen atoms in total. The fourth-order valence-corrected chi connectivity index (χ4v) is 1.11. The van der Waals surface area contributed by atoms with Crippen molar-refractivity contribution in [2.24, 2.45) is 0 Å². The van der Waals surface area contributed by atoms with E-state index >= 15 is 0 Å². The predicted octanol–water partition coefficient (Wildman–Crippen LogP) is -2.59. The molecule has 0 bridgehead atoms. The summed E-state index contributed by atoms with van der Waals surface area (Å²) in [4.78, 5) is 20.6. The van der Waals surface area contributed by atoms with Crippen molar-refractivity contribution < 1.29 is 9.59 Å². The van der Waals surface area contributed by atoms with Gasteiger partial charge in [0.1, 0.15) is 0 Å². The van der Waals surface area contributed by atoms with Gasteiger partial charge in [-0.15, -0.1) is 0 Å². The predicted molar refractivity (Wildman–Crippen MR) is 51.8 cm³/mol. The Morgan fingerprint density at radius 1 is 0.714 bits per heavy atom. The van der Waals surface area contributed by atoms with Gasteiger partial charge in [-0.1, -0.05) is 0 Å². The minimum atomic E-state index is 0.103. The molecule has 2 amide bonds. The van der Waals surface area contributed by atoms with Gasteiger partial charge in [-0.2, -0.15) is 0 Å². The maximum atomic E-state index is 10.3. The quantitative estimate of drug-likeness (QED) is 0.346. The van der Waals surface area contributed by atoms with Crippen LogP contribution in [-0.4, -0.2) is 51.1 Å². The average molecular weight is 200 g/mol. The minimum Gasteiger partial charge on any atom is -0.354 e. The second-order valence-corrected chi connectivity index (χ2v) is 3.05. The van der Waals surface area contributed by atoms with Crippen molar-refractivity contribution in [1.82, 2.24) is 21.3 Å². The van der Waals surface area contributed by atoms with Gasteiger partial charge in [-0.25, -0.2) is 0 Å². The number of carbonyl (C=O) groups is 2. The van der Waals surface area contributed by atoms with E-state index in [2.05, 4.69) is 21.3 Å². The van der Waals surface area contributed by atoms with E-state index in [-0.39, 0.29) is 11.8 Å². The lowest BCUT2D eigenvalue weighted by atomic mass is 10.4. The van der Waals surface area contributed by atoms with Crippen LogP contribution in [0.5, 0.6) is 0 Å². The van der Waals surface area contributed by atoms with Crippen LogP contribution in [0.4, 0.5) is 0 Å². The smallest absolute Gasteiger partial charge is 0.234 e. The van der Waals surface area contributed by atoms with Crippen LogP contribution < -0.4 is 21.3 Å². The van der Waals surface area contributed by atoms with Gasteiger partial charge >= 0.3 is 0 Å². The first-order valence-corrected chi connectivity index (χ1v) is 4.74. The van der Waals surface area contributed by atoms with Crippen molar-refractivity contribution in [1.29, 1.82) is 0 Å². The summed E-state index contributed by atoms with van der Waals surface area (Å²) >= 11 is 0. The number of amides is 2. The molecule has 2 heterocycles. The molecule has 2 saturated heterocycles. The molecule has 0 spiro atoms. The number of hydrogen-bond donors (Lipinski definition) is 4. The fraction of sp³-hybridized carbons (Fsp3) is 0.750. The number of carbonyl (C=O) groups excluding carboxylic acids is 2. The van der Waals surface area contributed by atoms with Gasteiger partial charge in [0.05, 0.1) is 13.1 Å². The molecule has 4 N–H and O–H groups in total. The highest BCUT2D eigenvalue weighted by Gasteiger charge is 2.03. The fourth-order valence-electron chi connectivity index (χ4n) is 1.11. The van der Waals surface area contributed by atoms with E-state index in [4.69, 9.17) is 0 Å². The van der Waals surface area contributed by atoms with Gasteiger partial charge in [0, 0.05) is 26.2 Å². The van der Waals surface area contributed by atoms with Crippen molar-refractivity contribution in [2.45, 2.75) is 0 Å². The first-order valence-electron chi connectivity index (χ1n) is 4.74. The summed E-state index contributed by atoms with van der Waals surface area (Å²) in [5.41, 5.74) is 0. The monoisotopic (exact) mass is 200 g/mol. The maximum Gasteiger partial charge on any atom is 0.234 e. The third-order valence-corrected chi connectivity index (χ3v) is 1.82. The van der Waals surface area contributed by atoms with E-state index in [1.54, 1.807) is 0 Å². The second-order valence-electron chi connectivity index (χ2n) is 3.05. The van der Waals surface area contributed by atoms with Crippen LogP contribution >= 0.6 is 0 Å². The minimum absolute atomic E-state index is 0.103. The summed E-state index contributed by atoms with van der Waals surface area (Å²) in [6.45, 7) is 4.34. The van der Waals surface area contributed by atoms with Crippen LogP contribution in [0.3, 0.4) is 0 Å². The van der Waals surface area contributed by atoms with E-state index in [1.807, 2.05) is 0 Å². The summed E-state index contributed by atoms with van der Waals surface area (Å²) in [5, 5.41) is 11.2. The van der Waals surface area contributed by atoms with Crippen LogP contribution in [0.1, 0.15) is 0 Å². The highest BCUT2D eigenvalue weighted by molar-refractivity contribution is 5.78. The molecule has 6 heteroatoms. The largest absolute Gasteiger partial charge is 0.354 e. The van der Waals surface area contributed by atoms with Crippen molar-refractivity contribution in [2.75, 3.05) is 39.3 Å². The van der Waals surface area contributed by atoms with Crippen LogP contribution in [0.2, 0.25) is 0 Å². The summed E-state index contributed by atoms with van der Waals surface area (Å²) in [6.07, 6.45) is 0. The molecule has 0 aromatic heterocycles.